The van der Waals surface area contributed by atoms with Gasteiger partial charge in [-0.25, -0.2) is 0 Å². The molecule has 0 aliphatic heterocycles. The minimum absolute atomic E-state index is 0.253. The van der Waals surface area contributed by atoms with Crippen LogP contribution in [0.25, 0.3) is 0 Å². The zero-order chi connectivity index (χ0) is 14.1. The smallest absolute Gasteiger partial charge is 0.119 e. The Bertz CT molecular complexity index is 429. The van der Waals surface area contributed by atoms with Crippen LogP contribution in [0.1, 0.15) is 18.4 Å². The van der Waals surface area contributed by atoms with Crippen LogP contribution in [0.15, 0.2) is 18.2 Å². The van der Waals surface area contributed by atoms with E-state index in [0.717, 1.165) is 24.9 Å². The lowest BCUT2D eigenvalue weighted by atomic mass is 10.2. The van der Waals surface area contributed by atoms with Crippen LogP contribution in [-0.4, -0.2) is 30.9 Å². The van der Waals surface area contributed by atoms with E-state index in [9.17, 15) is 5.11 Å². The lowest BCUT2D eigenvalue weighted by Crippen LogP contribution is -2.32. The molecule has 1 rings (SSSR count). The Labute approximate surface area is 119 Å². The van der Waals surface area contributed by atoms with Gasteiger partial charge in [-0.1, -0.05) is 11.6 Å². The topological polar surface area (TPSA) is 41.5 Å². The van der Waals surface area contributed by atoms with Gasteiger partial charge in [-0.15, -0.1) is 12.3 Å². The number of nitrogens with one attached hydrogen (secondary N) is 1. The van der Waals surface area contributed by atoms with Gasteiger partial charge in [-0.05, 0) is 43.7 Å². The molecule has 0 aliphatic carbocycles. The molecule has 0 heterocycles. The van der Waals surface area contributed by atoms with E-state index in [2.05, 4.69) is 11.2 Å². The van der Waals surface area contributed by atoms with Crippen LogP contribution < -0.4 is 10.1 Å². The number of hydrogen-bond donors (Lipinski definition) is 2. The summed E-state index contributed by atoms with van der Waals surface area (Å²) < 4.78 is 5.50. The molecule has 3 nitrogen and oxygen atoms in total. The number of terminal acetylenes is 1. The highest BCUT2D eigenvalue weighted by atomic mass is 35.5. The maximum atomic E-state index is 9.74. The number of ether oxygens (including phenoxy) is 1. The minimum Gasteiger partial charge on any atom is -0.491 e. The molecule has 1 unspecified atom stereocenters. The van der Waals surface area contributed by atoms with E-state index >= 15 is 0 Å². The number of hydrogen-bond acceptors (Lipinski definition) is 3. The summed E-state index contributed by atoms with van der Waals surface area (Å²) in [6.45, 7) is 3.47. The van der Waals surface area contributed by atoms with Gasteiger partial charge in [0.05, 0.1) is 0 Å². The monoisotopic (exact) mass is 281 g/mol. The first kappa shape index (κ1) is 15.8. The fourth-order valence-corrected chi connectivity index (χ4v) is 1.66. The molecule has 0 radical (unpaired) electrons. The third-order valence-corrected chi connectivity index (χ3v) is 3.05. The Morgan fingerprint density at radius 2 is 2.32 bits per heavy atom. The highest BCUT2D eigenvalue weighted by molar-refractivity contribution is 6.31. The van der Waals surface area contributed by atoms with Crippen molar-refractivity contribution in [1.82, 2.24) is 5.32 Å². The largest absolute Gasteiger partial charge is 0.491 e. The molecule has 1 aromatic carbocycles. The standard InChI is InChI=1S/C15H20ClNO2/c1-3-4-5-8-17-10-13(18)11-19-14-6-7-15(16)12(2)9-14/h1,6-7,9,13,17-18H,4-5,8,10-11H2,2H3. The number of halogens is 1. The Hall–Kier alpha value is -1.21. The fourth-order valence-electron chi connectivity index (χ4n) is 1.54. The summed E-state index contributed by atoms with van der Waals surface area (Å²) in [5.41, 5.74) is 0.959. The van der Waals surface area contributed by atoms with Gasteiger partial charge in [0.15, 0.2) is 0 Å². The molecule has 1 aromatic rings. The van der Waals surface area contributed by atoms with Crippen molar-refractivity contribution in [2.24, 2.45) is 0 Å². The first-order valence-electron chi connectivity index (χ1n) is 6.34. The molecule has 0 amide bonds. The van der Waals surface area contributed by atoms with Gasteiger partial charge < -0.3 is 15.2 Å². The third-order valence-electron chi connectivity index (χ3n) is 2.63. The summed E-state index contributed by atoms with van der Waals surface area (Å²) in [7, 11) is 0. The molecule has 0 saturated carbocycles. The summed E-state index contributed by atoms with van der Waals surface area (Å²) in [6.07, 6.45) is 6.28. The summed E-state index contributed by atoms with van der Waals surface area (Å²) in [5, 5.41) is 13.6. The van der Waals surface area contributed by atoms with Gasteiger partial charge in [-0.3, -0.25) is 0 Å². The summed E-state index contributed by atoms with van der Waals surface area (Å²) >= 11 is 5.92. The first-order valence-corrected chi connectivity index (χ1v) is 6.72. The molecule has 0 saturated heterocycles. The quantitative estimate of drug-likeness (QED) is 0.568. The number of aliphatic hydroxyl groups is 1. The maximum absolute atomic E-state index is 9.74. The maximum Gasteiger partial charge on any atom is 0.119 e. The highest BCUT2D eigenvalue weighted by Crippen LogP contribution is 2.20. The van der Waals surface area contributed by atoms with Crippen molar-refractivity contribution in [2.75, 3.05) is 19.7 Å². The van der Waals surface area contributed by atoms with Crippen molar-refractivity contribution < 1.29 is 9.84 Å². The Morgan fingerprint density at radius 1 is 1.53 bits per heavy atom. The number of rotatable bonds is 8. The van der Waals surface area contributed by atoms with Crippen LogP contribution in [0, 0.1) is 19.3 Å². The lowest BCUT2D eigenvalue weighted by Gasteiger charge is -2.13. The highest BCUT2D eigenvalue weighted by Gasteiger charge is 2.05. The van der Waals surface area contributed by atoms with E-state index in [1.54, 1.807) is 12.1 Å². The summed E-state index contributed by atoms with van der Waals surface area (Å²) in [6, 6.07) is 5.44. The molecule has 0 bridgehead atoms. The van der Waals surface area contributed by atoms with Crippen molar-refractivity contribution in [3.05, 3.63) is 28.8 Å². The van der Waals surface area contributed by atoms with E-state index < -0.39 is 6.10 Å². The van der Waals surface area contributed by atoms with Gasteiger partial charge in [0, 0.05) is 18.0 Å². The minimum atomic E-state index is -0.540. The Balaban J connectivity index is 2.20. The van der Waals surface area contributed by atoms with Crippen molar-refractivity contribution >= 4 is 11.6 Å². The predicted octanol–water partition coefficient (Wildman–Crippen LogP) is 2.39. The number of benzene rings is 1. The summed E-state index contributed by atoms with van der Waals surface area (Å²) in [4.78, 5) is 0. The van der Waals surface area contributed by atoms with Gasteiger partial charge in [0.25, 0.3) is 0 Å². The van der Waals surface area contributed by atoms with Gasteiger partial charge >= 0.3 is 0 Å². The second kappa shape index (κ2) is 8.82. The zero-order valence-electron chi connectivity index (χ0n) is 11.2. The molecule has 0 aliphatic rings. The van der Waals surface area contributed by atoms with Crippen molar-refractivity contribution in [3.63, 3.8) is 0 Å². The molecule has 2 N–H and O–H groups in total. The average Bonchev–Trinajstić information content (AvgIpc) is 2.40. The molecule has 4 heteroatoms. The van der Waals surface area contributed by atoms with E-state index in [-0.39, 0.29) is 6.61 Å². The third kappa shape index (κ3) is 6.49. The number of unbranched alkanes of at least 4 members (excludes halogenated alkanes) is 1. The molecule has 0 fully saturated rings. The lowest BCUT2D eigenvalue weighted by molar-refractivity contribution is 0.106. The van der Waals surface area contributed by atoms with Crippen molar-refractivity contribution in [2.45, 2.75) is 25.9 Å². The van der Waals surface area contributed by atoms with Crippen molar-refractivity contribution in [1.29, 1.82) is 0 Å². The van der Waals surface area contributed by atoms with Crippen LogP contribution in [0.3, 0.4) is 0 Å². The van der Waals surface area contributed by atoms with E-state index in [1.807, 2.05) is 13.0 Å². The molecule has 19 heavy (non-hydrogen) atoms. The zero-order valence-corrected chi connectivity index (χ0v) is 11.9. The molecular formula is C15H20ClNO2. The average molecular weight is 282 g/mol. The predicted molar refractivity (Wildman–Crippen MR) is 78.6 cm³/mol. The van der Waals surface area contributed by atoms with Crippen LogP contribution in [0.5, 0.6) is 5.75 Å². The second-order valence-corrected chi connectivity index (χ2v) is 4.79. The van der Waals surface area contributed by atoms with Gasteiger partial charge in [0.2, 0.25) is 0 Å². The molecule has 0 aromatic heterocycles. The Morgan fingerprint density at radius 3 is 3.00 bits per heavy atom. The number of aliphatic hydroxyl groups excluding tert-OH is 1. The molecule has 1 atom stereocenters. The van der Waals surface area contributed by atoms with Gasteiger partial charge in [0.1, 0.15) is 18.5 Å². The van der Waals surface area contributed by atoms with E-state index in [0.29, 0.717) is 17.3 Å². The van der Waals surface area contributed by atoms with Crippen LogP contribution >= 0.6 is 11.6 Å². The number of aryl methyl sites for hydroxylation is 1. The first-order chi connectivity index (χ1) is 9.13. The van der Waals surface area contributed by atoms with E-state index in [1.165, 1.54) is 0 Å². The summed E-state index contributed by atoms with van der Waals surface area (Å²) in [5.74, 6) is 3.29. The molecular weight excluding hydrogens is 262 g/mol. The molecule has 104 valence electrons. The fraction of sp³-hybridized carbons (Fsp3) is 0.467. The van der Waals surface area contributed by atoms with Crippen molar-refractivity contribution in [3.8, 4) is 18.1 Å². The Kier molecular flexibility index (Phi) is 7.35. The second-order valence-electron chi connectivity index (χ2n) is 4.39. The molecule has 0 spiro atoms. The van der Waals surface area contributed by atoms with Gasteiger partial charge in [-0.2, -0.15) is 0 Å². The normalized spacial score (nSPS) is 11.9. The van der Waals surface area contributed by atoms with Crippen LogP contribution in [-0.2, 0) is 0 Å². The van der Waals surface area contributed by atoms with E-state index in [4.69, 9.17) is 22.8 Å². The SMILES string of the molecule is C#CCCCNCC(O)COc1ccc(Cl)c(C)c1. The van der Waals surface area contributed by atoms with Crippen LogP contribution in [0.2, 0.25) is 5.02 Å². The van der Waals surface area contributed by atoms with Crippen LogP contribution in [0.4, 0.5) is 0 Å².